The Morgan fingerprint density at radius 3 is 2.50 bits per heavy atom. The van der Waals surface area contributed by atoms with Gasteiger partial charge in [0.2, 0.25) is 0 Å². The zero-order chi connectivity index (χ0) is 7.97. The van der Waals surface area contributed by atoms with Gasteiger partial charge in [-0.05, 0) is 28.6 Å². The zero-order valence-electron chi connectivity index (χ0n) is 6.49. The highest BCUT2D eigenvalue weighted by molar-refractivity contribution is 5.64. The van der Waals surface area contributed by atoms with Crippen molar-refractivity contribution in [2.24, 2.45) is 0 Å². The summed E-state index contributed by atoms with van der Waals surface area (Å²) in [5.41, 5.74) is 2.37. The van der Waals surface area contributed by atoms with Crippen molar-refractivity contribution < 1.29 is 0 Å². The monoisotopic (exact) mass is 153 g/mol. The lowest BCUT2D eigenvalue weighted by molar-refractivity contribution is 1.28. The van der Waals surface area contributed by atoms with Crippen molar-refractivity contribution in [3.8, 4) is 11.3 Å². The minimum Gasteiger partial charge on any atom is -0.256 e. The molecular formula is C11H7N. The van der Waals surface area contributed by atoms with E-state index in [1.165, 1.54) is 16.0 Å². The van der Waals surface area contributed by atoms with Gasteiger partial charge in [-0.2, -0.15) is 0 Å². The van der Waals surface area contributed by atoms with E-state index in [-0.39, 0.29) is 0 Å². The van der Waals surface area contributed by atoms with Gasteiger partial charge >= 0.3 is 0 Å². The third-order valence-electron chi connectivity index (χ3n) is 2.27. The topological polar surface area (TPSA) is 12.9 Å². The maximum atomic E-state index is 4.28. The molecule has 0 bridgehead atoms. The van der Waals surface area contributed by atoms with E-state index in [0.29, 0.717) is 0 Å². The summed E-state index contributed by atoms with van der Waals surface area (Å²) in [6.45, 7) is 0. The predicted octanol–water partition coefficient (Wildman–Crippen LogP) is 2.35. The van der Waals surface area contributed by atoms with E-state index in [1.54, 1.807) is 0 Å². The van der Waals surface area contributed by atoms with Crippen molar-refractivity contribution in [1.82, 2.24) is 4.98 Å². The highest BCUT2D eigenvalue weighted by Crippen LogP contribution is 2.25. The van der Waals surface area contributed by atoms with Crippen LogP contribution in [-0.2, 0) is 0 Å². The molecule has 0 amide bonds. The molecule has 0 N–H and O–H groups in total. The first-order chi connectivity index (χ1) is 5.95. The van der Waals surface area contributed by atoms with E-state index >= 15 is 0 Å². The fraction of sp³-hybridized carbons (Fsp3) is 0. The van der Waals surface area contributed by atoms with Crippen LogP contribution in [0.4, 0.5) is 0 Å². The maximum Gasteiger partial charge on any atom is 0.0708 e. The van der Waals surface area contributed by atoms with Crippen LogP contribution in [0.2, 0.25) is 0 Å². The summed E-state index contributed by atoms with van der Waals surface area (Å²) >= 11 is 0. The summed E-state index contributed by atoms with van der Waals surface area (Å²) < 4.78 is 0. The number of rotatable bonds is 1. The van der Waals surface area contributed by atoms with E-state index in [1.807, 2.05) is 24.4 Å². The molecular weight excluding hydrogens is 146 g/mol. The minimum atomic E-state index is 1.08. The number of pyridine rings is 1. The van der Waals surface area contributed by atoms with Crippen molar-refractivity contribution in [2.45, 2.75) is 0 Å². The highest BCUT2D eigenvalue weighted by Gasteiger charge is 2.07. The summed E-state index contributed by atoms with van der Waals surface area (Å²) in [5.74, 6) is 0. The fourth-order valence-electron chi connectivity index (χ4n) is 1.52. The quantitative estimate of drug-likeness (QED) is 0.523. The Bertz CT molecular complexity index is 514. The molecule has 0 unspecified atom stereocenters. The van der Waals surface area contributed by atoms with Crippen molar-refractivity contribution in [2.75, 3.05) is 0 Å². The Labute approximate surface area is 70.0 Å². The van der Waals surface area contributed by atoms with Gasteiger partial charge in [-0.15, -0.1) is 0 Å². The molecule has 2 aliphatic rings. The van der Waals surface area contributed by atoms with Gasteiger partial charge in [0.1, 0.15) is 0 Å². The van der Waals surface area contributed by atoms with Crippen LogP contribution >= 0.6 is 0 Å². The summed E-state index contributed by atoms with van der Waals surface area (Å²) in [4.78, 5) is 4.28. The molecule has 0 saturated carbocycles. The lowest BCUT2D eigenvalue weighted by Crippen LogP contribution is -1.93. The number of aromatic nitrogens is 1. The molecule has 0 atom stereocenters. The SMILES string of the molecule is c1ccc(-c2cc3ccc2=3)nc1. The molecule has 0 radical (unpaired) electrons. The fourth-order valence-corrected chi connectivity index (χ4v) is 1.52. The molecule has 1 nitrogen and oxygen atoms in total. The minimum absolute atomic E-state index is 1.08. The molecule has 2 aliphatic carbocycles. The number of nitrogens with zero attached hydrogens (tertiary/aromatic N) is 1. The van der Waals surface area contributed by atoms with Crippen LogP contribution in [-0.4, -0.2) is 4.98 Å². The molecule has 1 heteroatoms. The van der Waals surface area contributed by atoms with E-state index < -0.39 is 0 Å². The molecule has 1 aromatic rings. The standard InChI is InChI=1S/C11H7N/c1-2-6-12-11(3-1)10-7-8-4-5-9(8)10/h1-7H. The number of benzene rings is 1. The van der Waals surface area contributed by atoms with Crippen LogP contribution in [0.25, 0.3) is 11.3 Å². The summed E-state index contributed by atoms with van der Waals surface area (Å²) in [7, 11) is 0. The second kappa shape index (κ2) is 1.95. The Kier molecular flexibility index (Phi) is 0.965. The third kappa shape index (κ3) is 0.607. The Hall–Kier alpha value is -1.63. The number of hydrogen-bond acceptors (Lipinski definition) is 1. The van der Waals surface area contributed by atoms with Gasteiger partial charge in [0.25, 0.3) is 0 Å². The van der Waals surface area contributed by atoms with Crippen LogP contribution in [0.15, 0.2) is 42.6 Å². The molecule has 0 saturated heterocycles. The van der Waals surface area contributed by atoms with Crippen LogP contribution in [0.3, 0.4) is 0 Å². The second-order valence-corrected chi connectivity index (χ2v) is 2.98. The molecule has 0 fully saturated rings. The van der Waals surface area contributed by atoms with Gasteiger partial charge < -0.3 is 0 Å². The van der Waals surface area contributed by atoms with Crippen molar-refractivity contribution in [3.63, 3.8) is 0 Å². The van der Waals surface area contributed by atoms with Gasteiger partial charge in [-0.3, -0.25) is 4.98 Å². The first-order valence-electron chi connectivity index (χ1n) is 4.01. The van der Waals surface area contributed by atoms with Crippen molar-refractivity contribution in [3.05, 3.63) is 53.0 Å². The van der Waals surface area contributed by atoms with Crippen LogP contribution in [0, 0.1) is 10.4 Å². The van der Waals surface area contributed by atoms with E-state index in [2.05, 4.69) is 23.2 Å². The van der Waals surface area contributed by atoms with E-state index in [4.69, 9.17) is 0 Å². The van der Waals surface area contributed by atoms with Gasteiger partial charge in [-0.25, -0.2) is 0 Å². The van der Waals surface area contributed by atoms with Crippen molar-refractivity contribution >= 4 is 0 Å². The zero-order valence-corrected chi connectivity index (χ0v) is 6.49. The Morgan fingerprint density at radius 1 is 1.00 bits per heavy atom. The van der Waals surface area contributed by atoms with Crippen LogP contribution < -0.4 is 0 Å². The molecule has 3 rings (SSSR count). The van der Waals surface area contributed by atoms with Crippen LogP contribution in [0.5, 0.6) is 0 Å². The Morgan fingerprint density at radius 2 is 2.00 bits per heavy atom. The third-order valence-corrected chi connectivity index (χ3v) is 2.27. The molecule has 12 heavy (non-hydrogen) atoms. The lowest BCUT2D eigenvalue weighted by atomic mass is 9.96. The first kappa shape index (κ1) is 5.95. The highest BCUT2D eigenvalue weighted by atomic mass is 14.7. The van der Waals surface area contributed by atoms with Gasteiger partial charge in [-0.1, -0.05) is 18.2 Å². The molecule has 0 spiro atoms. The second-order valence-electron chi connectivity index (χ2n) is 2.98. The molecule has 0 aliphatic heterocycles. The van der Waals surface area contributed by atoms with Gasteiger partial charge in [0, 0.05) is 11.8 Å². The summed E-state index contributed by atoms with van der Waals surface area (Å²) in [6, 6.07) is 12.4. The lowest BCUT2D eigenvalue weighted by Gasteiger charge is -2.09. The van der Waals surface area contributed by atoms with Crippen LogP contribution in [0.1, 0.15) is 0 Å². The smallest absolute Gasteiger partial charge is 0.0708 e. The van der Waals surface area contributed by atoms with Gasteiger partial charge in [0.05, 0.1) is 5.69 Å². The van der Waals surface area contributed by atoms with E-state index in [9.17, 15) is 0 Å². The Balaban J connectivity index is 2.21. The predicted molar refractivity (Wildman–Crippen MR) is 47.3 cm³/mol. The maximum absolute atomic E-state index is 4.28. The average Bonchev–Trinajstić information content (AvgIpc) is 2.11. The number of hydrogen-bond donors (Lipinski definition) is 0. The summed E-state index contributed by atoms with van der Waals surface area (Å²) in [5, 5.41) is 2.74. The average molecular weight is 153 g/mol. The van der Waals surface area contributed by atoms with Gasteiger partial charge in [0.15, 0.2) is 0 Å². The molecule has 0 aromatic carbocycles. The largest absolute Gasteiger partial charge is 0.256 e. The first-order valence-corrected chi connectivity index (χ1v) is 4.01. The molecule has 1 aromatic heterocycles. The molecule has 56 valence electrons. The summed E-state index contributed by atoms with van der Waals surface area (Å²) in [6.07, 6.45) is 1.83. The van der Waals surface area contributed by atoms with Crippen molar-refractivity contribution in [1.29, 1.82) is 0 Å². The van der Waals surface area contributed by atoms with E-state index in [0.717, 1.165) is 5.69 Å². The normalized spacial score (nSPS) is 11.3. The molecule has 1 heterocycles.